The number of amides is 1. The fourth-order valence-corrected chi connectivity index (χ4v) is 3.98. The number of hydrogen-bond acceptors (Lipinski definition) is 6. The van der Waals surface area contributed by atoms with E-state index in [0.29, 0.717) is 5.92 Å². The van der Waals surface area contributed by atoms with Gasteiger partial charge in [-0.25, -0.2) is 4.79 Å². The zero-order valence-electron chi connectivity index (χ0n) is 17.7. The number of non-ortho nitro benzene ring substituents is 1. The number of piperidine rings is 1. The second kappa shape index (κ2) is 8.98. The smallest absolute Gasteiger partial charge is 0.410 e. The predicted molar refractivity (Wildman–Crippen MR) is 112 cm³/mol. The van der Waals surface area contributed by atoms with Gasteiger partial charge in [-0.05, 0) is 45.6 Å². The molecule has 160 valence electrons. The molecule has 0 unspecified atom stereocenters. The number of piperazine rings is 1. The summed E-state index contributed by atoms with van der Waals surface area (Å²) in [5, 5.41) is 11.0. The number of nitro benzene ring substituents is 1. The molecule has 0 bridgehead atoms. The van der Waals surface area contributed by atoms with Crippen molar-refractivity contribution in [2.24, 2.45) is 5.92 Å². The van der Waals surface area contributed by atoms with Crippen LogP contribution in [0.1, 0.15) is 33.6 Å². The van der Waals surface area contributed by atoms with Crippen molar-refractivity contribution in [3.8, 4) is 0 Å². The molecule has 1 aromatic carbocycles. The first-order valence-electron chi connectivity index (χ1n) is 10.4. The van der Waals surface area contributed by atoms with Gasteiger partial charge in [0.25, 0.3) is 5.69 Å². The van der Waals surface area contributed by atoms with Gasteiger partial charge in [-0.1, -0.05) is 6.07 Å². The van der Waals surface area contributed by atoms with E-state index in [2.05, 4.69) is 9.80 Å². The molecule has 0 aromatic heterocycles. The van der Waals surface area contributed by atoms with E-state index in [0.717, 1.165) is 64.3 Å². The van der Waals surface area contributed by atoms with Gasteiger partial charge in [-0.2, -0.15) is 0 Å². The molecule has 29 heavy (non-hydrogen) atoms. The molecule has 1 amide bonds. The summed E-state index contributed by atoms with van der Waals surface area (Å²) in [6.45, 7) is 11.9. The average molecular weight is 405 g/mol. The molecule has 2 saturated heterocycles. The Morgan fingerprint density at radius 3 is 2.38 bits per heavy atom. The number of hydrogen-bond donors (Lipinski definition) is 0. The molecule has 0 saturated carbocycles. The third kappa shape index (κ3) is 6.06. The van der Waals surface area contributed by atoms with Crippen molar-refractivity contribution < 1.29 is 14.5 Å². The Bertz CT molecular complexity index is 718. The number of ether oxygens (including phenoxy) is 1. The zero-order valence-corrected chi connectivity index (χ0v) is 17.7. The third-order valence-electron chi connectivity index (χ3n) is 5.56. The van der Waals surface area contributed by atoms with Crippen molar-refractivity contribution in [2.75, 3.05) is 50.7 Å². The second-order valence-electron chi connectivity index (χ2n) is 8.98. The van der Waals surface area contributed by atoms with Crippen molar-refractivity contribution >= 4 is 17.5 Å². The first-order valence-corrected chi connectivity index (χ1v) is 10.4. The molecule has 8 nitrogen and oxygen atoms in total. The molecule has 0 spiro atoms. The molecule has 0 atom stereocenters. The Kier molecular flexibility index (Phi) is 6.62. The van der Waals surface area contributed by atoms with Crippen molar-refractivity contribution in [1.82, 2.24) is 9.80 Å². The molecular formula is C21H32N4O4. The van der Waals surface area contributed by atoms with Gasteiger partial charge in [-0.3, -0.25) is 15.0 Å². The van der Waals surface area contributed by atoms with E-state index in [1.54, 1.807) is 12.1 Å². The summed E-state index contributed by atoms with van der Waals surface area (Å²) >= 11 is 0. The van der Waals surface area contributed by atoms with Crippen LogP contribution in [-0.4, -0.2) is 72.2 Å². The van der Waals surface area contributed by atoms with Gasteiger partial charge in [0.05, 0.1) is 4.92 Å². The van der Waals surface area contributed by atoms with Crippen molar-refractivity contribution in [2.45, 2.75) is 39.2 Å². The van der Waals surface area contributed by atoms with Crippen molar-refractivity contribution in [3.05, 3.63) is 34.4 Å². The highest BCUT2D eigenvalue weighted by Crippen LogP contribution is 2.24. The fourth-order valence-electron chi connectivity index (χ4n) is 3.98. The third-order valence-corrected chi connectivity index (χ3v) is 5.56. The van der Waals surface area contributed by atoms with Gasteiger partial charge in [0.2, 0.25) is 0 Å². The van der Waals surface area contributed by atoms with E-state index in [-0.39, 0.29) is 16.7 Å². The predicted octanol–water partition coefficient (Wildman–Crippen LogP) is 3.36. The zero-order chi connectivity index (χ0) is 21.0. The van der Waals surface area contributed by atoms with Crippen LogP contribution in [0.5, 0.6) is 0 Å². The van der Waals surface area contributed by atoms with E-state index in [1.165, 1.54) is 6.07 Å². The van der Waals surface area contributed by atoms with E-state index >= 15 is 0 Å². The van der Waals surface area contributed by atoms with Crippen LogP contribution in [0, 0.1) is 16.0 Å². The highest BCUT2D eigenvalue weighted by atomic mass is 16.6. The molecule has 2 fully saturated rings. The Morgan fingerprint density at radius 2 is 1.79 bits per heavy atom. The van der Waals surface area contributed by atoms with Gasteiger partial charge in [-0.15, -0.1) is 0 Å². The molecule has 0 N–H and O–H groups in total. The van der Waals surface area contributed by atoms with E-state index < -0.39 is 5.60 Å². The van der Waals surface area contributed by atoms with Gasteiger partial charge >= 0.3 is 6.09 Å². The fraction of sp³-hybridized carbons (Fsp3) is 0.667. The average Bonchev–Trinajstić information content (AvgIpc) is 2.68. The van der Waals surface area contributed by atoms with Crippen LogP contribution in [0.2, 0.25) is 0 Å². The first kappa shape index (κ1) is 21.4. The summed E-state index contributed by atoms with van der Waals surface area (Å²) < 4.78 is 5.47. The standard InChI is InChI=1S/C21H32N4O4/c1-21(2,3)29-20(26)24-9-7-17(8-10-24)16-22-11-13-23(14-12-22)18-5-4-6-19(15-18)25(27)28/h4-6,15,17H,7-14,16H2,1-3H3. The lowest BCUT2D eigenvalue weighted by Gasteiger charge is -2.39. The monoisotopic (exact) mass is 404 g/mol. The summed E-state index contributed by atoms with van der Waals surface area (Å²) in [4.78, 5) is 29.4. The van der Waals surface area contributed by atoms with Gasteiger partial charge in [0.1, 0.15) is 5.60 Å². The summed E-state index contributed by atoms with van der Waals surface area (Å²) in [6, 6.07) is 6.87. The summed E-state index contributed by atoms with van der Waals surface area (Å²) in [6.07, 6.45) is 1.80. The minimum Gasteiger partial charge on any atom is -0.444 e. The summed E-state index contributed by atoms with van der Waals surface area (Å²) in [5.41, 5.74) is 0.610. The maximum Gasteiger partial charge on any atom is 0.410 e. The van der Waals surface area contributed by atoms with Crippen LogP contribution in [0.15, 0.2) is 24.3 Å². The SMILES string of the molecule is CC(C)(C)OC(=O)N1CCC(CN2CCN(c3cccc([N+](=O)[O-])c3)CC2)CC1. The minimum atomic E-state index is -0.452. The first-order chi connectivity index (χ1) is 13.7. The highest BCUT2D eigenvalue weighted by Gasteiger charge is 2.28. The van der Waals surface area contributed by atoms with E-state index in [4.69, 9.17) is 4.74 Å². The lowest BCUT2D eigenvalue weighted by Crippen LogP contribution is -2.49. The quantitative estimate of drug-likeness (QED) is 0.566. The molecule has 8 heteroatoms. The topological polar surface area (TPSA) is 79.2 Å². The van der Waals surface area contributed by atoms with Crippen molar-refractivity contribution in [1.29, 1.82) is 0 Å². The van der Waals surface area contributed by atoms with Gasteiger partial charge < -0.3 is 14.5 Å². The number of rotatable bonds is 4. The number of benzene rings is 1. The normalized spacial score (nSPS) is 19.3. The molecule has 0 aliphatic carbocycles. The number of anilines is 1. The molecule has 2 aliphatic heterocycles. The van der Waals surface area contributed by atoms with E-state index in [9.17, 15) is 14.9 Å². The number of carbonyl (C=O) groups is 1. The van der Waals surface area contributed by atoms with Gasteiger partial charge in [0, 0.05) is 63.6 Å². The van der Waals surface area contributed by atoms with Crippen LogP contribution in [0.25, 0.3) is 0 Å². The second-order valence-corrected chi connectivity index (χ2v) is 8.98. The maximum absolute atomic E-state index is 12.2. The van der Waals surface area contributed by atoms with Crippen LogP contribution in [0.3, 0.4) is 0 Å². The largest absolute Gasteiger partial charge is 0.444 e. The molecule has 0 radical (unpaired) electrons. The Hall–Kier alpha value is -2.35. The Balaban J connectivity index is 1.42. The molecule has 2 heterocycles. The number of nitrogens with zero attached hydrogens (tertiary/aromatic N) is 4. The van der Waals surface area contributed by atoms with Crippen LogP contribution < -0.4 is 4.90 Å². The Labute approximate surface area is 172 Å². The lowest BCUT2D eigenvalue weighted by molar-refractivity contribution is -0.384. The maximum atomic E-state index is 12.2. The lowest BCUT2D eigenvalue weighted by atomic mass is 9.96. The number of nitro groups is 1. The minimum absolute atomic E-state index is 0.140. The summed E-state index contributed by atoms with van der Waals surface area (Å²) in [5.74, 6) is 0.595. The van der Waals surface area contributed by atoms with Gasteiger partial charge in [0.15, 0.2) is 0 Å². The number of carbonyl (C=O) groups excluding carboxylic acids is 1. The van der Waals surface area contributed by atoms with Crippen LogP contribution in [-0.2, 0) is 4.74 Å². The highest BCUT2D eigenvalue weighted by molar-refractivity contribution is 5.68. The van der Waals surface area contributed by atoms with Crippen LogP contribution in [0.4, 0.5) is 16.2 Å². The molecular weight excluding hydrogens is 372 g/mol. The summed E-state index contributed by atoms with van der Waals surface area (Å²) in [7, 11) is 0. The van der Waals surface area contributed by atoms with E-state index in [1.807, 2.05) is 31.7 Å². The van der Waals surface area contributed by atoms with Crippen molar-refractivity contribution in [3.63, 3.8) is 0 Å². The number of likely N-dealkylation sites (tertiary alicyclic amines) is 1. The molecule has 3 rings (SSSR count). The molecule has 2 aliphatic rings. The van der Waals surface area contributed by atoms with Crippen LogP contribution >= 0.6 is 0 Å². The molecule has 1 aromatic rings. The Morgan fingerprint density at radius 1 is 1.14 bits per heavy atom.